The summed E-state index contributed by atoms with van der Waals surface area (Å²) in [6.07, 6.45) is -3.37. The summed E-state index contributed by atoms with van der Waals surface area (Å²) in [6, 6.07) is 7.43. The van der Waals surface area contributed by atoms with E-state index in [1.165, 1.54) is 0 Å². The molecule has 0 spiro atoms. The van der Waals surface area contributed by atoms with Gasteiger partial charge in [0.05, 0.1) is 0 Å². The number of carbonyl (C=O) groups excluding carboxylic acids is 1. The van der Waals surface area contributed by atoms with Crippen LogP contribution >= 0.6 is 0 Å². The lowest BCUT2D eigenvalue weighted by atomic mass is 9.91. The molecule has 2 aromatic rings. The summed E-state index contributed by atoms with van der Waals surface area (Å²) in [6.45, 7) is 1.39. The number of halogens is 3. The summed E-state index contributed by atoms with van der Waals surface area (Å²) in [7, 11) is 0. The maximum absolute atomic E-state index is 13.1. The normalized spacial score (nSPS) is 19.9. The number of hydrogen-bond acceptors (Lipinski definition) is 3. The molecule has 1 aliphatic carbocycles. The van der Waals surface area contributed by atoms with Crippen molar-refractivity contribution in [2.24, 2.45) is 0 Å². The minimum Gasteiger partial charge on any atom is -0.344 e. The topological polar surface area (TPSA) is 61.9 Å². The molecule has 2 fully saturated rings. The van der Waals surface area contributed by atoms with Crippen LogP contribution in [0.15, 0.2) is 24.3 Å². The average molecular weight is 336 g/mol. The Morgan fingerprint density at radius 2 is 1.88 bits per heavy atom. The molecular weight excluding hydrogens is 321 g/mol. The van der Waals surface area contributed by atoms with Gasteiger partial charge < -0.3 is 4.90 Å². The number of nitrogens with zero attached hydrogens (tertiary/aromatic N) is 3. The van der Waals surface area contributed by atoms with Crippen LogP contribution in [0, 0.1) is 0 Å². The van der Waals surface area contributed by atoms with E-state index >= 15 is 0 Å². The molecule has 0 unspecified atom stereocenters. The molecule has 0 bridgehead atoms. The first-order chi connectivity index (χ1) is 11.4. The van der Waals surface area contributed by atoms with Crippen molar-refractivity contribution in [2.45, 2.75) is 30.4 Å². The summed E-state index contributed by atoms with van der Waals surface area (Å²) in [5.74, 6) is 0.483. The van der Waals surface area contributed by atoms with Gasteiger partial charge in [0.25, 0.3) is 0 Å². The molecule has 1 aromatic heterocycles. The smallest absolute Gasteiger partial charge is 0.344 e. The van der Waals surface area contributed by atoms with Crippen LogP contribution in [0.25, 0.3) is 11.4 Å². The van der Waals surface area contributed by atoms with Crippen molar-refractivity contribution in [1.82, 2.24) is 20.1 Å². The lowest BCUT2D eigenvalue weighted by Crippen LogP contribution is -2.43. The van der Waals surface area contributed by atoms with Crippen LogP contribution in [-0.2, 0) is 10.2 Å². The summed E-state index contributed by atoms with van der Waals surface area (Å²) in [5.41, 5.74) is -0.0741. The van der Waals surface area contributed by atoms with Crippen LogP contribution < -0.4 is 0 Å². The average Bonchev–Trinajstić information content (AvgIpc) is 3.19. The predicted octanol–water partition coefficient (Wildman–Crippen LogP) is 2.62. The van der Waals surface area contributed by atoms with Crippen molar-refractivity contribution in [3.05, 3.63) is 35.7 Å². The fourth-order valence-corrected chi connectivity index (χ4v) is 3.10. The van der Waals surface area contributed by atoms with E-state index in [9.17, 15) is 18.0 Å². The number of aromatic nitrogens is 3. The van der Waals surface area contributed by atoms with E-state index in [0.717, 1.165) is 12.0 Å². The second kappa shape index (κ2) is 5.06. The molecule has 0 atom stereocenters. The summed E-state index contributed by atoms with van der Waals surface area (Å²) in [4.78, 5) is 16.3. The molecule has 4 rings (SSSR count). The molecule has 5 nitrogen and oxygen atoms in total. The van der Waals surface area contributed by atoms with Gasteiger partial charge >= 0.3 is 6.18 Å². The number of nitrogens with one attached hydrogen (secondary N) is 1. The van der Waals surface area contributed by atoms with Crippen molar-refractivity contribution < 1.29 is 18.0 Å². The number of benzene rings is 1. The van der Waals surface area contributed by atoms with Crippen LogP contribution in [0.2, 0.25) is 0 Å². The summed E-state index contributed by atoms with van der Waals surface area (Å²) in [5, 5.41) is 6.41. The second-order valence-corrected chi connectivity index (χ2v) is 6.47. The third kappa shape index (κ3) is 2.28. The maximum Gasteiger partial charge on any atom is 0.401 e. The van der Waals surface area contributed by atoms with Crippen LogP contribution in [0.4, 0.5) is 13.2 Å². The lowest BCUT2D eigenvalue weighted by molar-refractivity contribution is -0.162. The zero-order valence-corrected chi connectivity index (χ0v) is 12.7. The molecule has 2 aliphatic rings. The van der Waals surface area contributed by atoms with Gasteiger partial charge in [-0.2, -0.15) is 18.3 Å². The third-order valence-electron chi connectivity index (χ3n) is 4.93. The van der Waals surface area contributed by atoms with Crippen molar-refractivity contribution in [3.8, 4) is 11.4 Å². The zero-order valence-electron chi connectivity index (χ0n) is 12.7. The molecular formula is C16H15F3N4O. The van der Waals surface area contributed by atoms with Gasteiger partial charge in [-0.05, 0) is 18.4 Å². The molecule has 1 amide bonds. The Morgan fingerprint density at radius 1 is 1.21 bits per heavy atom. The van der Waals surface area contributed by atoms with Crippen molar-refractivity contribution in [3.63, 3.8) is 0 Å². The highest BCUT2D eigenvalue weighted by Crippen LogP contribution is 2.57. The van der Waals surface area contributed by atoms with E-state index in [2.05, 4.69) is 15.2 Å². The van der Waals surface area contributed by atoms with E-state index in [1.54, 1.807) is 17.0 Å². The van der Waals surface area contributed by atoms with Gasteiger partial charge in [0.15, 0.2) is 5.82 Å². The zero-order chi connectivity index (χ0) is 16.9. The van der Waals surface area contributed by atoms with Crippen LogP contribution in [0.1, 0.15) is 30.1 Å². The minimum atomic E-state index is -4.30. The Bertz CT molecular complexity index is 758. The first kappa shape index (κ1) is 15.2. The maximum atomic E-state index is 13.1. The molecule has 24 heavy (non-hydrogen) atoms. The van der Waals surface area contributed by atoms with Crippen molar-refractivity contribution in [2.75, 3.05) is 13.1 Å². The second-order valence-electron chi connectivity index (χ2n) is 6.47. The van der Waals surface area contributed by atoms with Gasteiger partial charge in [0.2, 0.25) is 6.41 Å². The van der Waals surface area contributed by atoms with Crippen LogP contribution in [0.5, 0.6) is 0 Å². The Labute approximate surface area is 135 Å². The number of aromatic amines is 1. The van der Waals surface area contributed by atoms with Crippen LogP contribution in [-0.4, -0.2) is 45.8 Å². The van der Waals surface area contributed by atoms with E-state index in [4.69, 9.17) is 0 Å². The lowest BCUT2D eigenvalue weighted by Gasteiger charge is -2.36. The highest BCUT2D eigenvalue weighted by atomic mass is 19.4. The molecule has 2 heterocycles. The molecule has 8 heteroatoms. The molecule has 1 aliphatic heterocycles. The van der Waals surface area contributed by atoms with Crippen LogP contribution in [0.3, 0.4) is 0 Å². The molecule has 1 saturated heterocycles. The van der Waals surface area contributed by atoms with Crippen molar-refractivity contribution >= 4 is 6.41 Å². The van der Waals surface area contributed by atoms with E-state index in [1.807, 2.05) is 12.1 Å². The van der Waals surface area contributed by atoms with Gasteiger partial charge in [-0.25, -0.2) is 4.98 Å². The number of likely N-dealkylation sites (tertiary alicyclic amines) is 1. The third-order valence-corrected chi connectivity index (χ3v) is 4.93. The van der Waals surface area contributed by atoms with Crippen molar-refractivity contribution in [1.29, 1.82) is 0 Å². The quantitative estimate of drug-likeness (QED) is 0.873. The first-order valence-corrected chi connectivity index (χ1v) is 7.72. The molecule has 1 aromatic carbocycles. The van der Waals surface area contributed by atoms with Gasteiger partial charge in [-0.3, -0.25) is 9.89 Å². The largest absolute Gasteiger partial charge is 0.401 e. The minimum absolute atomic E-state index is 0.0545. The number of amides is 1. The van der Waals surface area contributed by atoms with Gasteiger partial charge in [0, 0.05) is 24.6 Å². The number of hydrogen-bond donors (Lipinski definition) is 1. The van der Waals surface area contributed by atoms with Gasteiger partial charge in [0.1, 0.15) is 11.2 Å². The number of rotatable bonds is 4. The highest BCUT2D eigenvalue weighted by Gasteiger charge is 2.66. The highest BCUT2D eigenvalue weighted by molar-refractivity contribution is 5.56. The monoisotopic (exact) mass is 336 g/mol. The Balaban J connectivity index is 1.52. The summed E-state index contributed by atoms with van der Waals surface area (Å²) >= 11 is 0. The molecule has 0 radical (unpaired) electrons. The fraction of sp³-hybridized carbons (Fsp3) is 0.438. The van der Waals surface area contributed by atoms with E-state index < -0.39 is 11.6 Å². The predicted molar refractivity (Wildman–Crippen MR) is 79.2 cm³/mol. The number of H-pyrrole nitrogens is 1. The standard InChI is InChI=1S/C16H15F3N4O/c17-16(18,19)15(5-6-15)14-20-13(21-22-14)11-3-1-10(2-4-11)12-7-23(8-12)9-24/h1-4,9,12H,5-8H2,(H,20,21,22). The SMILES string of the molecule is O=CN1CC(c2ccc(-c3n[nH]c(C4(C(F)(F)F)CC4)n3)cc2)C1. The first-order valence-electron chi connectivity index (χ1n) is 7.72. The molecule has 126 valence electrons. The summed E-state index contributed by atoms with van der Waals surface area (Å²) < 4.78 is 39.4. The Morgan fingerprint density at radius 3 is 2.42 bits per heavy atom. The number of carbonyl (C=O) groups is 1. The number of alkyl halides is 3. The Kier molecular flexibility index (Phi) is 3.20. The fourth-order valence-electron chi connectivity index (χ4n) is 3.10. The van der Waals surface area contributed by atoms with E-state index in [-0.39, 0.29) is 24.5 Å². The Hall–Kier alpha value is -2.38. The molecule has 1 N–H and O–H groups in total. The van der Waals surface area contributed by atoms with Gasteiger partial charge in [-0.15, -0.1) is 0 Å². The van der Waals surface area contributed by atoms with E-state index in [0.29, 0.717) is 24.6 Å². The molecule has 1 saturated carbocycles. The van der Waals surface area contributed by atoms with Gasteiger partial charge in [-0.1, -0.05) is 24.3 Å².